The molecule has 0 aromatic rings. The van der Waals surface area contributed by atoms with E-state index in [4.69, 9.17) is 14.6 Å². The van der Waals surface area contributed by atoms with E-state index in [-0.39, 0.29) is 0 Å². The largest absolute Gasteiger partial charge is 0.481 e. The molecule has 2 rings (SSSR count). The first kappa shape index (κ1) is 11.8. The maximum absolute atomic E-state index is 10.9. The highest BCUT2D eigenvalue weighted by atomic mass is 16.7. The van der Waals surface area contributed by atoms with E-state index in [2.05, 4.69) is 0 Å². The average Bonchev–Trinajstić information content (AvgIpc) is 2.71. The molecule has 0 amide bonds. The Morgan fingerprint density at radius 1 is 1.19 bits per heavy atom. The van der Waals surface area contributed by atoms with Gasteiger partial charge in [-0.1, -0.05) is 0 Å². The zero-order valence-corrected chi connectivity index (χ0v) is 9.44. The minimum atomic E-state index is -1.12. The lowest BCUT2D eigenvalue weighted by atomic mass is 9.74. The van der Waals surface area contributed by atoms with Crippen molar-refractivity contribution >= 4 is 5.97 Å². The van der Waals surface area contributed by atoms with Crippen LogP contribution in [-0.4, -0.2) is 40.8 Å². The van der Waals surface area contributed by atoms with Crippen LogP contribution in [0.2, 0.25) is 0 Å². The molecule has 1 atom stereocenters. The number of aliphatic hydroxyl groups is 1. The van der Waals surface area contributed by atoms with E-state index in [1.807, 2.05) is 0 Å². The van der Waals surface area contributed by atoms with Crippen LogP contribution in [0.3, 0.4) is 0 Å². The highest BCUT2D eigenvalue weighted by Gasteiger charge is 2.49. The molecule has 5 nitrogen and oxygen atoms in total. The second-order valence-electron chi connectivity index (χ2n) is 4.77. The maximum atomic E-state index is 10.9. The third kappa shape index (κ3) is 1.95. The molecule has 1 saturated carbocycles. The van der Waals surface area contributed by atoms with Crippen molar-refractivity contribution < 1.29 is 24.5 Å². The first-order valence-corrected chi connectivity index (χ1v) is 5.71. The summed E-state index contributed by atoms with van der Waals surface area (Å²) in [5.41, 5.74) is -1.12. The first-order chi connectivity index (χ1) is 7.48. The Hall–Kier alpha value is -0.650. The fraction of sp³-hybridized carbons (Fsp3) is 0.909. The number of carboxylic acid groups (broad SMARTS) is 1. The molecule has 2 aliphatic rings. The molecule has 0 bridgehead atoms. The summed E-state index contributed by atoms with van der Waals surface area (Å²) >= 11 is 0. The topological polar surface area (TPSA) is 76.0 Å². The fourth-order valence-corrected chi connectivity index (χ4v) is 2.51. The molecule has 0 radical (unpaired) electrons. The van der Waals surface area contributed by atoms with Gasteiger partial charge in [0.05, 0.1) is 24.7 Å². The van der Waals surface area contributed by atoms with Crippen LogP contribution >= 0.6 is 0 Å². The normalized spacial score (nSPS) is 29.1. The lowest BCUT2D eigenvalue weighted by Gasteiger charge is -2.42. The molecule has 1 unspecified atom stereocenters. The van der Waals surface area contributed by atoms with Crippen molar-refractivity contribution in [2.75, 3.05) is 13.2 Å². The predicted molar refractivity (Wildman–Crippen MR) is 54.9 cm³/mol. The van der Waals surface area contributed by atoms with Gasteiger partial charge in [-0.15, -0.1) is 0 Å². The minimum Gasteiger partial charge on any atom is -0.481 e. The SMILES string of the molecule is CC(C(=O)O)C1(O)CCC2(CC1)OCCO2. The average molecular weight is 230 g/mol. The molecule has 0 aromatic carbocycles. The van der Waals surface area contributed by atoms with Crippen molar-refractivity contribution in [3.63, 3.8) is 0 Å². The van der Waals surface area contributed by atoms with Crippen molar-refractivity contribution in [3.05, 3.63) is 0 Å². The van der Waals surface area contributed by atoms with Gasteiger partial charge in [0.25, 0.3) is 0 Å². The molecule has 2 N–H and O–H groups in total. The zero-order valence-electron chi connectivity index (χ0n) is 9.44. The van der Waals surface area contributed by atoms with Gasteiger partial charge in [-0.05, 0) is 19.8 Å². The van der Waals surface area contributed by atoms with Gasteiger partial charge in [-0.25, -0.2) is 0 Å². The van der Waals surface area contributed by atoms with Crippen molar-refractivity contribution in [1.82, 2.24) is 0 Å². The highest BCUT2D eigenvalue weighted by molar-refractivity contribution is 5.71. The summed E-state index contributed by atoms with van der Waals surface area (Å²) in [4.78, 5) is 10.9. The van der Waals surface area contributed by atoms with Crippen LogP contribution in [0, 0.1) is 5.92 Å². The summed E-state index contributed by atoms with van der Waals surface area (Å²) in [5.74, 6) is -2.25. The molecular formula is C11H18O5. The monoisotopic (exact) mass is 230 g/mol. The third-order valence-corrected chi connectivity index (χ3v) is 3.87. The van der Waals surface area contributed by atoms with E-state index in [1.165, 1.54) is 0 Å². The van der Waals surface area contributed by atoms with Crippen molar-refractivity contribution in [2.45, 2.75) is 44.0 Å². The Balaban J connectivity index is 2.00. The molecule has 1 aliphatic heterocycles. The lowest BCUT2D eigenvalue weighted by Crippen LogP contribution is -2.49. The van der Waals surface area contributed by atoms with Gasteiger partial charge in [-0.3, -0.25) is 4.79 Å². The first-order valence-electron chi connectivity index (χ1n) is 5.71. The number of aliphatic carboxylic acids is 1. The summed E-state index contributed by atoms with van der Waals surface area (Å²) < 4.78 is 11.1. The number of ether oxygens (including phenoxy) is 2. The second kappa shape index (κ2) is 3.98. The van der Waals surface area contributed by atoms with Gasteiger partial charge in [0, 0.05) is 12.8 Å². The number of rotatable bonds is 2. The van der Waals surface area contributed by atoms with Crippen molar-refractivity contribution in [1.29, 1.82) is 0 Å². The fourth-order valence-electron chi connectivity index (χ4n) is 2.51. The van der Waals surface area contributed by atoms with Crippen LogP contribution in [0.1, 0.15) is 32.6 Å². The van der Waals surface area contributed by atoms with Crippen LogP contribution in [0.15, 0.2) is 0 Å². The summed E-state index contributed by atoms with van der Waals surface area (Å²) in [7, 11) is 0. The second-order valence-corrected chi connectivity index (χ2v) is 4.77. The van der Waals surface area contributed by atoms with Crippen LogP contribution in [0.4, 0.5) is 0 Å². The molecule has 1 heterocycles. The quantitative estimate of drug-likeness (QED) is 0.732. The zero-order chi connectivity index (χ0) is 11.8. The summed E-state index contributed by atoms with van der Waals surface area (Å²) in [6, 6.07) is 0. The van der Waals surface area contributed by atoms with Crippen molar-refractivity contribution in [3.8, 4) is 0 Å². The van der Waals surface area contributed by atoms with Gasteiger partial charge in [0.1, 0.15) is 0 Å². The number of carbonyl (C=O) groups is 1. The van der Waals surface area contributed by atoms with Crippen LogP contribution < -0.4 is 0 Å². The molecule has 1 spiro atoms. The van der Waals surface area contributed by atoms with Crippen LogP contribution in [-0.2, 0) is 14.3 Å². The van der Waals surface area contributed by atoms with E-state index in [1.54, 1.807) is 6.92 Å². The molecule has 1 saturated heterocycles. The maximum Gasteiger partial charge on any atom is 0.309 e. The summed E-state index contributed by atoms with van der Waals surface area (Å²) in [6.45, 7) is 2.73. The Bertz CT molecular complexity index is 272. The van der Waals surface area contributed by atoms with E-state index in [0.717, 1.165) is 0 Å². The standard InChI is InChI=1S/C11H18O5/c1-8(9(12)13)10(14)2-4-11(5-3-10)15-6-7-16-11/h8,14H,2-7H2,1H3,(H,12,13). The molecule has 16 heavy (non-hydrogen) atoms. The van der Waals surface area contributed by atoms with Crippen LogP contribution in [0.5, 0.6) is 0 Å². The van der Waals surface area contributed by atoms with E-state index >= 15 is 0 Å². The molecule has 92 valence electrons. The van der Waals surface area contributed by atoms with E-state index in [0.29, 0.717) is 38.9 Å². The van der Waals surface area contributed by atoms with E-state index in [9.17, 15) is 9.90 Å². The summed E-state index contributed by atoms with van der Waals surface area (Å²) in [6.07, 6.45) is 1.98. The smallest absolute Gasteiger partial charge is 0.309 e. The molecular weight excluding hydrogens is 212 g/mol. The molecule has 1 aliphatic carbocycles. The van der Waals surface area contributed by atoms with Gasteiger partial charge < -0.3 is 19.7 Å². The minimum absolute atomic E-state index is 0.417. The van der Waals surface area contributed by atoms with E-state index < -0.39 is 23.3 Å². The molecule has 5 heteroatoms. The van der Waals surface area contributed by atoms with Crippen molar-refractivity contribution in [2.24, 2.45) is 5.92 Å². The third-order valence-electron chi connectivity index (χ3n) is 3.87. The van der Waals surface area contributed by atoms with Crippen LogP contribution in [0.25, 0.3) is 0 Å². The van der Waals surface area contributed by atoms with Gasteiger partial charge in [-0.2, -0.15) is 0 Å². The number of carboxylic acids is 1. The Labute approximate surface area is 94.4 Å². The Kier molecular flexibility index (Phi) is 2.94. The Morgan fingerprint density at radius 2 is 1.69 bits per heavy atom. The number of hydrogen-bond donors (Lipinski definition) is 2. The lowest BCUT2D eigenvalue weighted by molar-refractivity contribution is -0.211. The summed E-state index contributed by atoms with van der Waals surface area (Å²) in [5, 5.41) is 19.2. The van der Waals surface area contributed by atoms with Gasteiger partial charge in [0.2, 0.25) is 0 Å². The predicted octanol–water partition coefficient (Wildman–Crippen LogP) is 0.755. The Morgan fingerprint density at radius 3 is 2.12 bits per heavy atom. The molecule has 2 fully saturated rings. The van der Waals surface area contributed by atoms with Gasteiger partial charge >= 0.3 is 5.97 Å². The molecule has 0 aromatic heterocycles. The van der Waals surface area contributed by atoms with Gasteiger partial charge in [0.15, 0.2) is 5.79 Å². The number of hydrogen-bond acceptors (Lipinski definition) is 4. The highest BCUT2D eigenvalue weighted by Crippen LogP contribution is 2.43.